The van der Waals surface area contributed by atoms with Gasteiger partial charge in [-0.1, -0.05) is 29.5 Å². The molecule has 3 amide bonds. The van der Waals surface area contributed by atoms with Crippen molar-refractivity contribution >= 4 is 29.7 Å². The van der Waals surface area contributed by atoms with Crippen LogP contribution in [-0.4, -0.2) is 36.0 Å². The Morgan fingerprint density at radius 2 is 1.85 bits per heavy atom. The van der Waals surface area contributed by atoms with E-state index in [9.17, 15) is 14.4 Å². The van der Waals surface area contributed by atoms with Gasteiger partial charge in [0.05, 0.1) is 5.56 Å². The van der Waals surface area contributed by atoms with E-state index in [1.54, 1.807) is 18.3 Å². The first-order valence-electron chi connectivity index (χ1n) is 7.83. The average Bonchev–Trinajstić information content (AvgIpc) is 2.63. The quantitative estimate of drug-likeness (QED) is 0.782. The molecule has 2 aromatic rings. The molecule has 8 heteroatoms. The van der Waals surface area contributed by atoms with E-state index in [2.05, 4.69) is 15.6 Å². The van der Waals surface area contributed by atoms with Crippen LogP contribution in [0.4, 0.5) is 4.79 Å². The molecule has 0 spiro atoms. The Hall–Kier alpha value is -2.87. The minimum absolute atomic E-state index is 0.248. The molecular formula is C18H19N3O4S. The van der Waals surface area contributed by atoms with Crippen molar-refractivity contribution in [2.45, 2.75) is 29.9 Å². The van der Waals surface area contributed by atoms with Gasteiger partial charge in [-0.15, -0.1) is 0 Å². The van der Waals surface area contributed by atoms with Gasteiger partial charge in [-0.05, 0) is 38.1 Å². The van der Waals surface area contributed by atoms with E-state index in [0.717, 1.165) is 10.5 Å². The summed E-state index contributed by atoms with van der Waals surface area (Å²) in [7, 11) is 1.38. The number of carbonyl (C=O) groups is 3. The number of benzene rings is 1. The van der Waals surface area contributed by atoms with Crippen LogP contribution in [0.5, 0.6) is 0 Å². The largest absolute Gasteiger partial charge is 0.449 e. The van der Waals surface area contributed by atoms with Crippen LogP contribution in [-0.2, 0) is 9.53 Å². The molecule has 0 unspecified atom stereocenters. The second kappa shape index (κ2) is 9.00. The number of nitrogens with one attached hydrogen (secondary N) is 2. The van der Waals surface area contributed by atoms with Crippen molar-refractivity contribution in [2.75, 3.05) is 7.05 Å². The fourth-order valence-corrected chi connectivity index (χ4v) is 2.77. The van der Waals surface area contributed by atoms with Crippen molar-refractivity contribution in [3.63, 3.8) is 0 Å². The molecule has 26 heavy (non-hydrogen) atoms. The number of hydrogen-bond donors (Lipinski definition) is 2. The highest BCUT2D eigenvalue weighted by atomic mass is 32.2. The summed E-state index contributed by atoms with van der Waals surface area (Å²) in [6.07, 6.45) is 0.451. The zero-order chi connectivity index (χ0) is 19.1. The van der Waals surface area contributed by atoms with Gasteiger partial charge < -0.3 is 10.1 Å². The molecule has 2 rings (SSSR count). The highest BCUT2D eigenvalue weighted by molar-refractivity contribution is 7.99. The van der Waals surface area contributed by atoms with Gasteiger partial charge in [0.25, 0.3) is 5.91 Å². The first-order valence-corrected chi connectivity index (χ1v) is 8.65. The Morgan fingerprint density at radius 1 is 1.15 bits per heavy atom. The fraction of sp³-hybridized carbons (Fsp3) is 0.222. The summed E-state index contributed by atoms with van der Waals surface area (Å²) in [6, 6.07) is 10.3. The summed E-state index contributed by atoms with van der Waals surface area (Å²) >= 11 is 1.32. The second-order valence-corrected chi connectivity index (χ2v) is 6.45. The highest BCUT2D eigenvalue weighted by Crippen LogP contribution is 2.29. The Balaban J connectivity index is 2.10. The topological polar surface area (TPSA) is 97.4 Å². The van der Waals surface area contributed by atoms with Crippen LogP contribution < -0.4 is 10.6 Å². The molecule has 1 aromatic carbocycles. The third-order valence-corrected chi connectivity index (χ3v) is 4.37. The predicted molar refractivity (Wildman–Crippen MR) is 97.0 cm³/mol. The second-order valence-electron chi connectivity index (χ2n) is 5.39. The Bertz CT molecular complexity index is 808. The van der Waals surface area contributed by atoms with E-state index >= 15 is 0 Å². The van der Waals surface area contributed by atoms with E-state index in [1.165, 1.54) is 25.7 Å². The zero-order valence-corrected chi connectivity index (χ0v) is 15.4. The maximum absolute atomic E-state index is 12.4. The van der Waals surface area contributed by atoms with Gasteiger partial charge in [-0.2, -0.15) is 0 Å². The highest BCUT2D eigenvalue weighted by Gasteiger charge is 2.22. The van der Waals surface area contributed by atoms with Crippen LogP contribution >= 0.6 is 11.8 Å². The molecule has 136 valence electrons. The molecule has 1 heterocycles. The van der Waals surface area contributed by atoms with E-state index in [4.69, 9.17) is 4.74 Å². The van der Waals surface area contributed by atoms with Crippen LogP contribution in [0.1, 0.15) is 22.8 Å². The minimum atomic E-state index is -1.13. The number of hydrogen-bond acceptors (Lipinski definition) is 6. The van der Waals surface area contributed by atoms with Crippen LogP contribution in [0.2, 0.25) is 0 Å². The number of urea groups is 1. The molecule has 2 N–H and O–H groups in total. The molecule has 7 nitrogen and oxygen atoms in total. The number of carbonyl (C=O) groups excluding carboxylic acids is 3. The molecule has 0 aliphatic carbocycles. The number of aryl methyl sites for hydroxylation is 1. The van der Waals surface area contributed by atoms with Crippen molar-refractivity contribution in [3.05, 3.63) is 53.7 Å². The third-order valence-electron chi connectivity index (χ3n) is 3.34. The first-order chi connectivity index (χ1) is 12.4. The summed E-state index contributed by atoms with van der Waals surface area (Å²) < 4.78 is 5.16. The molecule has 1 atom stereocenters. The summed E-state index contributed by atoms with van der Waals surface area (Å²) in [6.45, 7) is 3.38. The number of nitrogens with zero attached hydrogens (tertiary/aromatic N) is 1. The van der Waals surface area contributed by atoms with E-state index in [1.807, 2.05) is 31.2 Å². The van der Waals surface area contributed by atoms with Crippen LogP contribution in [0.3, 0.4) is 0 Å². The molecule has 0 saturated heterocycles. The number of ether oxygens (including phenoxy) is 1. The lowest BCUT2D eigenvalue weighted by Crippen LogP contribution is -2.43. The summed E-state index contributed by atoms with van der Waals surface area (Å²) in [5, 5.41) is 4.78. The molecule has 0 aliphatic heterocycles. The van der Waals surface area contributed by atoms with Crippen molar-refractivity contribution in [1.82, 2.24) is 15.6 Å². The standard InChI is InChI=1S/C18H19N3O4S/c1-11-6-8-13(9-7-11)26-16-14(5-4-10-20-16)17(23)25-12(2)15(22)21-18(24)19-3/h4-10,12H,1-3H3,(H2,19,21,22,24)/t12-/m0/s1. The number of esters is 1. The number of aromatic nitrogens is 1. The van der Waals surface area contributed by atoms with Gasteiger partial charge in [0.1, 0.15) is 5.03 Å². The number of amides is 3. The van der Waals surface area contributed by atoms with Gasteiger partial charge in [0, 0.05) is 18.1 Å². The maximum atomic E-state index is 12.4. The number of imide groups is 1. The van der Waals surface area contributed by atoms with Gasteiger partial charge >= 0.3 is 12.0 Å². The Morgan fingerprint density at radius 3 is 2.50 bits per heavy atom. The molecule has 0 saturated carbocycles. The Kier molecular flexibility index (Phi) is 6.74. The predicted octanol–water partition coefficient (Wildman–Crippen LogP) is 2.54. The Labute approximate surface area is 155 Å². The van der Waals surface area contributed by atoms with E-state index < -0.39 is 24.0 Å². The molecule has 0 aliphatic rings. The molecule has 0 radical (unpaired) electrons. The molecule has 0 bridgehead atoms. The lowest BCUT2D eigenvalue weighted by molar-refractivity contribution is -0.127. The smallest absolute Gasteiger partial charge is 0.341 e. The number of rotatable bonds is 5. The van der Waals surface area contributed by atoms with Crippen molar-refractivity contribution in [3.8, 4) is 0 Å². The lowest BCUT2D eigenvalue weighted by atomic mass is 10.2. The minimum Gasteiger partial charge on any atom is -0.449 e. The van der Waals surface area contributed by atoms with Crippen molar-refractivity contribution in [1.29, 1.82) is 0 Å². The summed E-state index contributed by atoms with van der Waals surface area (Å²) in [4.78, 5) is 40.6. The lowest BCUT2D eigenvalue weighted by Gasteiger charge is -2.14. The average molecular weight is 373 g/mol. The van der Waals surface area contributed by atoms with Gasteiger partial charge in [0.2, 0.25) is 0 Å². The molecular weight excluding hydrogens is 354 g/mol. The normalized spacial score (nSPS) is 11.3. The van der Waals surface area contributed by atoms with Crippen LogP contribution in [0.15, 0.2) is 52.5 Å². The van der Waals surface area contributed by atoms with Gasteiger partial charge in [-0.3, -0.25) is 10.1 Å². The zero-order valence-electron chi connectivity index (χ0n) is 14.6. The monoisotopic (exact) mass is 373 g/mol. The van der Waals surface area contributed by atoms with Crippen LogP contribution in [0.25, 0.3) is 0 Å². The SMILES string of the molecule is CNC(=O)NC(=O)[C@H](C)OC(=O)c1cccnc1Sc1ccc(C)cc1. The molecule has 1 aromatic heterocycles. The van der Waals surface area contributed by atoms with E-state index in [-0.39, 0.29) is 5.56 Å². The van der Waals surface area contributed by atoms with E-state index in [0.29, 0.717) is 5.03 Å². The summed E-state index contributed by atoms with van der Waals surface area (Å²) in [5.74, 6) is -1.40. The van der Waals surface area contributed by atoms with Gasteiger partial charge in [0.15, 0.2) is 6.10 Å². The van der Waals surface area contributed by atoms with Crippen molar-refractivity contribution in [2.24, 2.45) is 0 Å². The summed E-state index contributed by atoms with van der Waals surface area (Å²) in [5.41, 5.74) is 1.38. The fourth-order valence-electron chi connectivity index (χ4n) is 1.90. The van der Waals surface area contributed by atoms with Crippen LogP contribution in [0, 0.1) is 6.92 Å². The number of pyridine rings is 1. The maximum Gasteiger partial charge on any atom is 0.341 e. The van der Waals surface area contributed by atoms with Crippen molar-refractivity contribution < 1.29 is 19.1 Å². The third kappa shape index (κ3) is 5.32. The van der Waals surface area contributed by atoms with Gasteiger partial charge in [-0.25, -0.2) is 14.6 Å². The first kappa shape index (κ1) is 19.5. The molecule has 0 fully saturated rings.